The molecule has 0 saturated heterocycles. The van der Waals surface area contributed by atoms with Crippen molar-refractivity contribution in [2.75, 3.05) is 11.9 Å². The first kappa shape index (κ1) is 17.8. The summed E-state index contributed by atoms with van der Waals surface area (Å²) in [7, 11) is 0. The first-order valence-corrected chi connectivity index (χ1v) is 8.70. The molecule has 0 bridgehead atoms. The number of carbonyl (C=O) groups excluding carboxylic acids is 1. The van der Waals surface area contributed by atoms with E-state index in [-0.39, 0.29) is 17.8 Å². The zero-order chi connectivity index (χ0) is 19.7. The van der Waals surface area contributed by atoms with Gasteiger partial charge in [0.15, 0.2) is 11.6 Å². The number of H-pyrrole nitrogens is 1. The highest BCUT2D eigenvalue weighted by molar-refractivity contribution is 5.89. The summed E-state index contributed by atoms with van der Waals surface area (Å²) in [5.74, 6) is -1.54. The molecule has 0 atom stereocenters. The molecule has 1 aliphatic rings. The van der Waals surface area contributed by atoms with Crippen LogP contribution >= 0.6 is 0 Å². The lowest BCUT2D eigenvalue weighted by molar-refractivity contribution is 0.205. The third-order valence-corrected chi connectivity index (χ3v) is 4.57. The third kappa shape index (κ3) is 3.48. The number of carbonyl (C=O) groups is 1. The Morgan fingerprint density at radius 1 is 1.11 bits per heavy atom. The molecule has 2 heterocycles. The maximum absolute atomic E-state index is 13.3. The van der Waals surface area contributed by atoms with Gasteiger partial charge in [0.25, 0.3) is 5.56 Å². The zero-order valence-corrected chi connectivity index (χ0v) is 14.7. The number of nitrogens with one attached hydrogen (secondary N) is 2. The Morgan fingerprint density at radius 3 is 2.64 bits per heavy atom. The minimum Gasteiger partial charge on any atom is -0.320 e. The van der Waals surface area contributed by atoms with E-state index in [2.05, 4.69) is 15.3 Å². The fourth-order valence-electron chi connectivity index (χ4n) is 3.11. The number of fused-ring (bicyclic) bond motifs is 1. The standard InChI is InChI=1S/C20H16F2N4O2/c21-15-7-6-13(10-16(15)22)23-20(28)26-9-8-17-14(11-26)19(27)25-18(24-17)12-4-2-1-3-5-12/h1-7,10H,8-9,11H2,(H,23,28)(H,24,25,27). The van der Waals surface area contributed by atoms with E-state index in [0.29, 0.717) is 30.0 Å². The van der Waals surface area contributed by atoms with Gasteiger partial charge in [-0.1, -0.05) is 30.3 Å². The molecule has 3 aromatic rings. The van der Waals surface area contributed by atoms with Gasteiger partial charge in [0.05, 0.1) is 17.8 Å². The van der Waals surface area contributed by atoms with Crippen LogP contribution in [0.4, 0.5) is 19.3 Å². The summed E-state index contributed by atoms with van der Waals surface area (Å²) < 4.78 is 26.3. The largest absolute Gasteiger partial charge is 0.322 e. The highest BCUT2D eigenvalue weighted by atomic mass is 19.2. The van der Waals surface area contributed by atoms with Gasteiger partial charge in [-0.25, -0.2) is 18.6 Å². The van der Waals surface area contributed by atoms with Gasteiger partial charge in [0.2, 0.25) is 0 Å². The topological polar surface area (TPSA) is 78.1 Å². The van der Waals surface area contributed by atoms with Crippen LogP contribution in [0.15, 0.2) is 53.3 Å². The number of aromatic amines is 1. The Balaban J connectivity index is 1.54. The molecule has 8 heteroatoms. The molecule has 4 rings (SSSR count). The van der Waals surface area contributed by atoms with Crippen LogP contribution in [-0.2, 0) is 13.0 Å². The third-order valence-electron chi connectivity index (χ3n) is 4.57. The van der Waals surface area contributed by atoms with Gasteiger partial charge < -0.3 is 15.2 Å². The molecule has 0 aliphatic carbocycles. The minimum absolute atomic E-state index is 0.0856. The summed E-state index contributed by atoms with van der Waals surface area (Å²) in [6.07, 6.45) is 0.421. The average molecular weight is 382 g/mol. The van der Waals surface area contributed by atoms with Crippen LogP contribution < -0.4 is 10.9 Å². The lowest BCUT2D eigenvalue weighted by atomic mass is 10.1. The first-order chi connectivity index (χ1) is 13.5. The highest BCUT2D eigenvalue weighted by Gasteiger charge is 2.25. The quantitative estimate of drug-likeness (QED) is 0.714. The molecular weight excluding hydrogens is 366 g/mol. The van der Waals surface area contributed by atoms with Gasteiger partial charge in [0.1, 0.15) is 5.82 Å². The molecule has 2 aromatic carbocycles. The summed E-state index contributed by atoms with van der Waals surface area (Å²) in [5, 5.41) is 2.51. The Labute approximate surface area is 158 Å². The Bertz CT molecular complexity index is 1100. The zero-order valence-electron chi connectivity index (χ0n) is 14.7. The number of halogens is 2. The molecule has 2 amide bonds. The van der Waals surface area contributed by atoms with Crippen LogP contribution in [-0.4, -0.2) is 27.4 Å². The van der Waals surface area contributed by atoms with Crippen molar-refractivity contribution in [3.8, 4) is 11.4 Å². The van der Waals surface area contributed by atoms with Crippen molar-refractivity contribution in [2.45, 2.75) is 13.0 Å². The van der Waals surface area contributed by atoms with Crippen LogP contribution in [0.5, 0.6) is 0 Å². The fourth-order valence-corrected chi connectivity index (χ4v) is 3.11. The van der Waals surface area contributed by atoms with E-state index < -0.39 is 17.7 Å². The van der Waals surface area contributed by atoms with Crippen molar-refractivity contribution in [3.05, 3.63) is 81.8 Å². The SMILES string of the molecule is O=C(Nc1ccc(F)c(F)c1)N1CCc2nc(-c3ccccc3)[nH]c(=O)c2C1. The maximum Gasteiger partial charge on any atom is 0.322 e. The Kier molecular flexibility index (Phi) is 4.60. The van der Waals surface area contributed by atoms with E-state index in [9.17, 15) is 18.4 Å². The number of amides is 2. The van der Waals surface area contributed by atoms with E-state index >= 15 is 0 Å². The molecule has 0 radical (unpaired) electrons. The molecule has 1 aliphatic heterocycles. The molecule has 0 unspecified atom stereocenters. The molecule has 0 spiro atoms. The number of anilines is 1. The van der Waals surface area contributed by atoms with E-state index in [1.807, 2.05) is 30.3 Å². The van der Waals surface area contributed by atoms with E-state index in [4.69, 9.17) is 0 Å². The van der Waals surface area contributed by atoms with Crippen LogP contribution in [0, 0.1) is 11.6 Å². The Morgan fingerprint density at radius 2 is 1.89 bits per heavy atom. The summed E-state index contributed by atoms with van der Waals surface area (Å²) in [6, 6.07) is 11.9. The number of hydrogen-bond donors (Lipinski definition) is 2. The predicted octanol–water partition coefficient (Wildman–Crippen LogP) is 3.31. The summed E-state index contributed by atoms with van der Waals surface area (Å²) >= 11 is 0. The number of rotatable bonds is 2. The van der Waals surface area contributed by atoms with Gasteiger partial charge in [-0.2, -0.15) is 0 Å². The summed E-state index contributed by atoms with van der Waals surface area (Å²) in [6.45, 7) is 0.440. The lowest BCUT2D eigenvalue weighted by Crippen LogP contribution is -2.41. The molecule has 142 valence electrons. The maximum atomic E-state index is 13.3. The molecule has 28 heavy (non-hydrogen) atoms. The van der Waals surface area contributed by atoms with Crippen molar-refractivity contribution in [2.24, 2.45) is 0 Å². The average Bonchev–Trinajstić information content (AvgIpc) is 2.71. The molecule has 1 aromatic heterocycles. The van der Waals surface area contributed by atoms with E-state index in [0.717, 1.165) is 17.7 Å². The molecule has 6 nitrogen and oxygen atoms in total. The number of benzene rings is 2. The number of aromatic nitrogens is 2. The number of urea groups is 1. The normalized spacial score (nSPS) is 13.1. The molecule has 2 N–H and O–H groups in total. The Hall–Kier alpha value is -3.55. The monoisotopic (exact) mass is 382 g/mol. The summed E-state index contributed by atoms with van der Waals surface area (Å²) in [4.78, 5) is 33.7. The van der Waals surface area contributed by atoms with Crippen LogP contribution in [0.2, 0.25) is 0 Å². The van der Waals surface area contributed by atoms with E-state index in [1.54, 1.807) is 0 Å². The highest BCUT2D eigenvalue weighted by Crippen LogP contribution is 2.20. The fraction of sp³-hybridized carbons (Fsp3) is 0.150. The van der Waals surface area contributed by atoms with Gasteiger partial charge in [0, 0.05) is 30.3 Å². The second-order valence-corrected chi connectivity index (χ2v) is 6.44. The van der Waals surface area contributed by atoms with Crippen molar-refractivity contribution < 1.29 is 13.6 Å². The number of hydrogen-bond acceptors (Lipinski definition) is 3. The predicted molar refractivity (Wildman–Crippen MR) is 99.8 cm³/mol. The van der Waals surface area contributed by atoms with Crippen LogP contribution in [0.3, 0.4) is 0 Å². The van der Waals surface area contributed by atoms with Crippen LogP contribution in [0.25, 0.3) is 11.4 Å². The van der Waals surface area contributed by atoms with Crippen molar-refractivity contribution in [1.82, 2.24) is 14.9 Å². The first-order valence-electron chi connectivity index (χ1n) is 8.70. The number of nitrogens with zero attached hydrogens (tertiary/aromatic N) is 2. The second kappa shape index (κ2) is 7.22. The van der Waals surface area contributed by atoms with Gasteiger partial charge in [-0.15, -0.1) is 0 Å². The van der Waals surface area contributed by atoms with Crippen molar-refractivity contribution in [1.29, 1.82) is 0 Å². The molecule has 0 saturated carbocycles. The second-order valence-electron chi connectivity index (χ2n) is 6.44. The van der Waals surface area contributed by atoms with Gasteiger partial charge >= 0.3 is 6.03 Å². The van der Waals surface area contributed by atoms with E-state index in [1.165, 1.54) is 11.0 Å². The van der Waals surface area contributed by atoms with Gasteiger partial charge in [-0.3, -0.25) is 4.79 Å². The minimum atomic E-state index is -1.05. The molecular formula is C20H16F2N4O2. The van der Waals surface area contributed by atoms with Crippen molar-refractivity contribution >= 4 is 11.7 Å². The van der Waals surface area contributed by atoms with Crippen molar-refractivity contribution in [3.63, 3.8) is 0 Å². The van der Waals surface area contributed by atoms with Gasteiger partial charge in [-0.05, 0) is 12.1 Å². The lowest BCUT2D eigenvalue weighted by Gasteiger charge is -2.28. The smallest absolute Gasteiger partial charge is 0.320 e. The summed E-state index contributed by atoms with van der Waals surface area (Å²) in [5.41, 5.74) is 1.72. The van der Waals surface area contributed by atoms with Crippen LogP contribution in [0.1, 0.15) is 11.3 Å². The molecule has 0 fully saturated rings.